The van der Waals surface area contributed by atoms with Crippen molar-refractivity contribution in [1.82, 2.24) is 0 Å². The number of carboxylic acids is 1. The Labute approximate surface area is 62.9 Å². The van der Waals surface area contributed by atoms with Gasteiger partial charge in [0.05, 0.1) is 0 Å². The molecule has 0 saturated heterocycles. The predicted octanol–water partition coefficient (Wildman–Crippen LogP) is 0.448. The molecule has 0 aromatic heterocycles. The maximum absolute atomic E-state index is 10.2. The van der Waals surface area contributed by atoms with E-state index >= 15 is 0 Å². The van der Waals surface area contributed by atoms with Crippen LogP contribution in [0.1, 0.15) is 19.8 Å². The molecule has 6 heteroatoms. The lowest BCUT2D eigenvalue weighted by Gasteiger charge is -2.06. The van der Waals surface area contributed by atoms with Gasteiger partial charge in [0.15, 0.2) is 0 Å². The van der Waals surface area contributed by atoms with Crippen molar-refractivity contribution in [2.75, 3.05) is 0 Å². The Morgan fingerprint density at radius 2 is 2.36 bits per heavy atom. The van der Waals surface area contributed by atoms with Crippen molar-refractivity contribution in [2.24, 2.45) is 0 Å². The highest BCUT2D eigenvalue weighted by molar-refractivity contribution is 5.72. The van der Waals surface area contributed by atoms with E-state index in [0.29, 0.717) is 6.42 Å². The van der Waals surface area contributed by atoms with Crippen LogP contribution in [-0.2, 0) is 9.63 Å². The Kier molecular flexibility index (Phi) is 3.94. The average molecular weight is 163 g/mol. The normalized spacial score (nSPS) is 12.1. The Balaban J connectivity index is 3.89. The third kappa shape index (κ3) is 4.12. The molecular formula is C5H9NO5. The van der Waals surface area contributed by atoms with Crippen LogP contribution in [0.4, 0.5) is 0 Å². The van der Waals surface area contributed by atoms with Crippen LogP contribution in [0.2, 0.25) is 0 Å². The van der Waals surface area contributed by atoms with Crippen LogP contribution in [0.3, 0.4) is 0 Å². The van der Waals surface area contributed by atoms with E-state index in [4.69, 9.17) is 5.11 Å². The molecule has 0 spiro atoms. The number of rotatable bonds is 5. The maximum Gasteiger partial charge on any atom is 0.332 e. The Bertz CT molecular complexity index is 157. The summed E-state index contributed by atoms with van der Waals surface area (Å²) in [5, 5.41) is 16.9. The van der Waals surface area contributed by atoms with Gasteiger partial charge in [0.25, 0.3) is 5.09 Å². The van der Waals surface area contributed by atoms with Crippen molar-refractivity contribution in [3.05, 3.63) is 10.1 Å². The van der Waals surface area contributed by atoms with Gasteiger partial charge in [0.1, 0.15) is 0 Å². The summed E-state index contributed by atoms with van der Waals surface area (Å²) >= 11 is 0. The fourth-order valence-corrected chi connectivity index (χ4v) is 0.587. The molecule has 64 valence electrons. The molecule has 0 aromatic rings. The van der Waals surface area contributed by atoms with Gasteiger partial charge in [-0.1, -0.05) is 13.3 Å². The van der Waals surface area contributed by atoms with Gasteiger partial charge >= 0.3 is 5.97 Å². The first kappa shape index (κ1) is 9.67. The predicted molar refractivity (Wildman–Crippen MR) is 34.4 cm³/mol. The zero-order valence-electron chi connectivity index (χ0n) is 6.02. The second-order valence-electron chi connectivity index (χ2n) is 1.94. The Hall–Kier alpha value is -1.33. The highest BCUT2D eigenvalue weighted by Crippen LogP contribution is 2.01. The van der Waals surface area contributed by atoms with E-state index in [1.807, 2.05) is 0 Å². The van der Waals surface area contributed by atoms with Crippen LogP contribution in [0.25, 0.3) is 0 Å². The van der Waals surface area contributed by atoms with E-state index in [-0.39, 0.29) is 6.42 Å². The van der Waals surface area contributed by atoms with E-state index in [1.54, 1.807) is 6.92 Å². The van der Waals surface area contributed by atoms with Gasteiger partial charge in [-0.3, -0.25) is 4.84 Å². The third-order valence-electron chi connectivity index (χ3n) is 1.04. The van der Waals surface area contributed by atoms with Crippen LogP contribution in [0.15, 0.2) is 0 Å². The summed E-state index contributed by atoms with van der Waals surface area (Å²) in [6.45, 7) is 1.72. The molecule has 0 bridgehead atoms. The quantitative estimate of drug-likeness (QED) is 0.469. The molecule has 0 rings (SSSR count). The SMILES string of the molecule is CCCC(O[N+](=O)[O-])C(=O)O. The van der Waals surface area contributed by atoms with E-state index < -0.39 is 17.2 Å². The minimum atomic E-state index is -1.32. The van der Waals surface area contributed by atoms with Crippen molar-refractivity contribution in [3.8, 4) is 0 Å². The third-order valence-corrected chi connectivity index (χ3v) is 1.04. The molecule has 0 amide bonds. The standard InChI is InChI=1S/C5H9NO5/c1-2-3-4(5(7)8)11-6(9)10/h4H,2-3H2,1H3,(H,7,8). The zero-order chi connectivity index (χ0) is 8.85. The molecule has 0 heterocycles. The highest BCUT2D eigenvalue weighted by Gasteiger charge is 2.19. The van der Waals surface area contributed by atoms with Crippen molar-refractivity contribution in [2.45, 2.75) is 25.9 Å². The minimum absolute atomic E-state index is 0.149. The van der Waals surface area contributed by atoms with E-state index in [9.17, 15) is 14.9 Å². The lowest BCUT2D eigenvalue weighted by Crippen LogP contribution is -2.26. The van der Waals surface area contributed by atoms with Crippen molar-refractivity contribution in [1.29, 1.82) is 0 Å². The molecule has 6 nitrogen and oxygen atoms in total. The molecule has 1 unspecified atom stereocenters. The van der Waals surface area contributed by atoms with Gasteiger partial charge in [0, 0.05) is 0 Å². The van der Waals surface area contributed by atoms with Crippen LogP contribution in [0.5, 0.6) is 0 Å². The first-order valence-corrected chi connectivity index (χ1v) is 3.12. The lowest BCUT2D eigenvalue weighted by molar-refractivity contribution is -0.765. The molecule has 0 aliphatic rings. The molecule has 1 N–H and O–H groups in total. The van der Waals surface area contributed by atoms with E-state index in [0.717, 1.165) is 0 Å². The summed E-state index contributed by atoms with van der Waals surface area (Å²) in [5.74, 6) is -1.30. The molecule has 0 radical (unpaired) electrons. The molecule has 1 atom stereocenters. The number of carboxylic acid groups (broad SMARTS) is 1. The molecule has 0 saturated carbocycles. The number of hydrogen-bond donors (Lipinski definition) is 1. The number of carbonyl (C=O) groups is 1. The summed E-state index contributed by atoms with van der Waals surface area (Å²) in [6.07, 6.45) is -0.642. The summed E-state index contributed by atoms with van der Waals surface area (Å²) in [5.41, 5.74) is 0. The van der Waals surface area contributed by atoms with Gasteiger partial charge in [-0.15, -0.1) is 10.1 Å². The molecule has 0 aliphatic heterocycles. The van der Waals surface area contributed by atoms with Crippen LogP contribution < -0.4 is 0 Å². The lowest BCUT2D eigenvalue weighted by atomic mass is 10.2. The second kappa shape index (κ2) is 4.48. The Morgan fingerprint density at radius 3 is 2.64 bits per heavy atom. The van der Waals surface area contributed by atoms with Gasteiger partial charge in [-0.2, -0.15) is 0 Å². The molecule has 0 aromatic carbocycles. The van der Waals surface area contributed by atoms with Crippen LogP contribution in [-0.4, -0.2) is 22.3 Å². The summed E-state index contributed by atoms with van der Waals surface area (Å²) < 4.78 is 0. The van der Waals surface area contributed by atoms with Crippen molar-refractivity contribution in [3.63, 3.8) is 0 Å². The molecule has 11 heavy (non-hydrogen) atoms. The second-order valence-corrected chi connectivity index (χ2v) is 1.94. The number of aliphatic carboxylic acids is 1. The highest BCUT2D eigenvalue weighted by atomic mass is 17.0. The number of hydrogen-bond acceptors (Lipinski definition) is 4. The molecular weight excluding hydrogens is 154 g/mol. The zero-order valence-corrected chi connectivity index (χ0v) is 6.02. The molecule has 0 aliphatic carbocycles. The average Bonchev–Trinajstić information content (AvgIpc) is 1.86. The number of nitrogens with zero attached hydrogens (tertiary/aromatic N) is 1. The summed E-state index contributed by atoms with van der Waals surface area (Å²) in [4.78, 5) is 23.8. The van der Waals surface area contributed by atoms with Gasteiger partial charge in [-0.05, 0) is 6.42 Å². The van der Waals surface area contributed by atoms with Gasteiger partial charge in [-0.25, -0.2) is 4.79 Å². The van der Waals surface area contributed by atoms with Crippen molar-refractivity contribution < 1.29 is 19.8 Å². The van der Waals surface area contributed by atoms with Crippen LogP contribution in [0, 0.1) is 10.1 Å². The summed E-state index contributed by atoms with van der Waals surface area (Å²) in [6, 6.07) is 0. The topological polar surface area (TPSA) is 89.7 Å². The van der Waals surface area contributed by atoms with E-state index in [2.05, 4.69) is 4.84 Å². The smallest absolute Gasteiger partial charge is 0.332 e. The fraction of sp³-hybridized carbons (Fsp3) is 0.800. The largest absolute Gasteiger partial charge is 0.480 e. The maximum atomic E-state index is 10.2. The first-order chi connectivity index (χ1) is 5.07. The van der Waals surface area contributed by atoms with Gasteiger partial charge < -0.3 is 5.11 Å². The van der Waals surface area contributed by atoms with E-state index in [1.165, 1.54) is 0 Å². The minimum Gasteiger partial charge on any atom is -0.480 e. The monoisotopic (exact) mass is 163 g/mol. The fourth-order valence-electron chi connectivity index (χ4n) is 0.587. The first-order valence-electron chi connectivity index (χ1n) is 3.12. The van der Waals surface area contributed by atoms with Gasteiger partial charge in [0.2, 0.25) is 6.10 Å². The van der Waals surface area contributed by atoms with Crippen LogP contribution >= 0.6 is 0 Å². The summed E-state index contributed by atoms with van der Waals surface area (Å²) in [7, 11) is 0. The molecule has 0 fully saturated rings. The van der Waals surface area contributed by atoms with Crippen molar-refractivity contribution >= 4 is 5.97 Å². The Morgan fingerprint density at radius 1 is 1.82 bits per heavy atom.